The lowest BCUT2D eigenvalue weighted by molar-refractivity contribution is -0.000592. The summed E-state index contributed by atoms with van der Waals surface area (Å²) < 4.78 is 6.62. The van der Waals surface area contributed by atoms with Gasteiger partial charge in [-0.3, -0.25) is 9.89 Å². The van der Waals surface area contributed by atoms with E-state index in [0.29, 0.717) is 11.5 Å². The van der Waals surface area contributed by atoms with E-state index in [1.54, 1.807) is 7.11 Å². The largest absolute Gasteiger partial charge is 0.465 e. The van der Waals surface area contributed by atoms with Crippen molar-refractivity contribution in [3.63, 3.8) is 0 Å². The van der Waals surface area contributed by atoms with Gasteiger partial charge in [0.2, 0.25) is 0 Å². The molecule has 0 aromatic heterocycles. The molecule has 1 atom stereocenters. The molecular weight excluding hydrogens is 446 g/mol. The van der Waals surface area contributed by atoms with Gasteiger partial charge in [-0.2, -0.15) is 0 Å². The number of carboxylic acid groups (broad SMARTS) is 1. The third-order valence-electron chi connectivity index (χ3n) is 6.93. The van der Waals surface area contributed by atoms with Gasteiger partial charge in [0.05, 0.1) is 11.8 Å². The van der Waals surface area contributed by atoms with Gasteiger partial charge >= 0.3 is 6.09 Å². The van der Waals surface area contributed by atoms with Crippen molar-refractivity contribution in [1.82, 2.24) is 4.90 Å². The first kappa shape index (κ1) is 21.5. The predicted octanol–water partition coefficient (Wildman–Crippen LogP) is 5.38. The highest BCUT2D eigenvalue weighted by atomic mass is 79.9. The Morgan fingerprint density at radius 1 is 1.27 bits per heavy atom. The molecule has 1 unspecified atom stereocenters. The number of benzene rings is 1. The van der Waals surface area contributed by atoms with E-state index in [-0.39, 0.29) is 11.5 Å². The summed E-state index contributed by atoms with van der Waals surface area (Å²) in [6.45, 7) is 7.56. The molecule has 162 valence electrons. The van der Waals surface area contributed by atoms with Crippen molar-refractivity contribution < 1.29 is 14.6 Å². The minimum Gasteiger partial charge on any atom is -0.465 e. The maximum atomic E-state index is 12.2. The van der Waals surface area contributed by atoms with Gasteiger partial charge in [-0.15, -0.1) is 0 Å². The van der Waals surface area contributed by atoms with Crippen LogP contribution in [0.25, 0.3) is 0 Å². The summed E-state index contributed by atoms with van der Waals surface area (Å²) in [6, 6.07) is 6.36. The maximum Gasteiger partial charge on any atom is 0.413 e. The maximum absolute atomic E-state index is 12.2. The second-order valence-electron chi connectivity index (χ2n) is 9.79. The van der Waals surface area contributed by atoms with Gasteiger partial charge in [0, 0.05) is 28.1 Å². The van der Waals surface area contributed by atoms with Crippen LogP contribution in [0.15, 0.2) is 32.7 Å². The minimum absolute atomic E-state index is 0.157. The van der Waals surface area contributed by atoms with Gasteiger partial charge < -0.3 is 9.84 Å². The molecule has 1 aliphatic heterocycles. The minimum atomic E-state index is -1.00. The van der Waals surface area contributed by atoms with Crippen LogP contribution in [0, 0.1) is 5.41 Å². The van der Waals surface area contributed by atoms with Crippen LogP contribution in [0.5, 0.6) is 0 Å². The standard InChI is InChI=1S/C23H30BrN3O3/c1-14-19(27(20(28)29)21(2,3)4)26-23(25-14)18-12-16(24)7-6-15(18)13-22(23)10-8-17(30-5)9-11-22/h6-7,12,17H,8-11,13H2,1-5H3,(H,28,29). The van der Waals surface area contributed by atoms with Crippen molar-refractivity contribution in [2.24, 2.45) is 15.4 Å². The summed E-state index contributed by atoms with van der Waals surface area (Å²) >= 11 is 3.62. The van der Waals surface area contributed by atoms with E-state index in [0.717, 1.165) is 42.1 Å². The zero-order valence-electron chi connectivity index (χ0n) is 18.3. The average Bonchev–Trinajstić information content (AvgIpc) is 3.11. The lowest BCUT2D eigenvalue weighted by atomic mass is 9.65. The Hall–Kier alpha value is -1.73. The zero-order valence-corrected chi connectivity index (χ0v) is 19.9. The Balaban J connectivity index is 1.90. The van der Waals surface area contributed by atoms with E-state index < -0.39 is 17.3 Å². The van der Waals surface area contributed by atoms with Gasteiger partial charge in [-0.25, -0.2) is 9.79 Å². The Morgan fingerprint density at radius 2 is 1.93 bits per heavy atom. The predicted molar refractivity (Wildman–Crippen MR) is 121 cm³/mol. The summed E-state index contributed by atoms with van der Waals surface area (Å²) in [7, 11) is 1.78. The van der Waals surface area contributed by atoms with Crippen molar-refractivity contribution in [3.05, 3.63) is 33.8 Å². The lowest BCUT2D eigenvalue weighted by Crippen LogP contribution is -2.51. The highest BCUT2D eigenvalue weighted by Crippen LogP contribution is 2.62. The molecule has 2 aliphatic carbocycles. The number of aliphatic imine (C=N–C) groups is 2. The van der Waals surface area contributed by atoms with E-state index in [4.69, 9.17) is 14.7 Å². The van der Waals surface area contributed by atoms with Crippen molar-refractivity contribution in [2.45, 2.75) is 77.1 Å². The number of fused-ring (bicyclic) bond motifs is 3. The molecule has 0 saturated heterocycles. The van der Waals surface area contributed by atoms with E-state index in [1.807, 2.05) is 27.7 Å². The first-order valence-corrected chi connectivity index (χ1v) is 11.3. The van der Waals surface area contributed by atoms with Crippen LogP contribution in [0.3, 0.4) is 0 Å². The first-order valence-electron chi connectivity index (χ1n) is 10.5. The molecule has 0 radical (unpaired) electrons. The number of ether oxygens (including phenoxy) is 1. The first-order chi connectivity index (χ1) is 14.0. The molecule has 1 aromatic rings. The van der Waals surface area contributed by atoms with Gasteiger partial charge in [0.25, 0.3) is 0 Å². The second-order valence-corrected chi connectivity index (χ2v) is 10.7. The monoisotopic (exact) mass is 475 g/mol. The smallest absolute Gasteiger partial charge is 0.413 e. The Kier molecular flexibility index (Phi) is 5.13. The Bertz CT molecular complexity index is 942. The van der Waals surface area contributed by atoms with Crippen LogP contribution in [0.2, 0.25) is 0 Å². The molecule has 1 aromatic carbocycles. The average molecular weight is 476 g/mol. The molecule has 4 rings (SSSR count). The van der Waals surface area contributed by atoms with Crippen molar-refractivity contribution in [1.29, 1.82) is 0 Å². The summed E-state index contributed by atoms with van der Waals surface area (Å²) in [4.78, 5) is 23.9. The summed E-state index contributed by atoms with van der Waals surface area (Å²) in [6.07, 6.45) is 4.01. The fraction of sp³-hybridized carbons (Fsp3) is 0.609. The lowest BCUT2D eigenvalue weighted by Gasteiger charge is -2.44. The summed E-state index contributed by atoms with van der Waals surface area (Å²) in [5, 5.41) is 9.99. The Morgan fingerprint density at radius 3 is 2.50 bits per heavy atom. The number of carbonyl (C=O) groups is 1. The number of amides is 1. The quantitative estimate of drug-likeness (QED) is 0.591. The van der Waals surface area contributed by atoms with Crippen molar-refractivity contribution in [3.8, 4) is 0 Å². The van der Waals surface area contributed by atoms with Gasteiger partial charge in [-0.1, -0.05) is 22.0 Å². The molecule has 7 heteroatoms. The van der Waals surface area contributed by atoms with Crippen LogP contribution in [0.4, 0.5) is 4.79 Å². The van der Waals surface area contributed by atoms with Gasteiger partial charge in [0.1, 0.15) is 0 Å². The van der Waals surface area contributed by atoms with E-state index in [2.05, 4.69) is 34.1 Å². The van der Waals surface area contributed by atoms with Gasteiger partial charge in [-0.05, 0) is 77.5 Å². The molecular formula is C23H30BrN3O3. The van der Waals surface area contributed by atoms with Gasteiger partial charge in [0.15, 0.2) is 11.5 Å². The molecule has 2 spiro atoms. The second kappa shape index (κ2) is 7.16. The number of nitrogens with zero attached hydrogens (tertiary/aromatic N) is 3. The summed E-state index contributed by atoms with van der Waals surface area (Å²) in [5.41, 5.74) is 1.49. The van der Waals surface area contributed by atoms with Crippen LogP contribution in [-0.4, -0.2) is 46.4 Å². The fourth-order valence-corrected chi connectivity index (χ4v) is 5.88. The van der Waals surface area contributed by atoms with Crippen molar-refractivity contribution in [2.75, 3.05) is 7.11 Å². The molecule has 3 aliphatic rings. The zero-order chi connectivity index (χ0) is 21.9. The molecule has 6 nitrogen and oxygen atoms in total. The highest BCUT2D eigenvalue weighted by Gasteiger charge is 2.61. The van der Waals surface area contributed by atoms with Crippen LogP contribution >= 0.6 is 15.9 Å². The Labute approximate surface area is 186 Å². The number of amidine groups is 1. The third kappa shape index (κ3) is 3.12. The number of methoxy groups -OCH3 is 1. The van der Waals surface area contributed by atoms with E-state index in [1.165, 1.54) is 10.5 Å². The van der Waals surface area contributed by atoms with E-state index >= 15 is 0 Å². The fourth-order valence-electron chi connectivity index (χ4n) is 5.52. The van der Waals surface area contributed by atoms with Crippen LogP contribution < -0.4 is 0 Å². The number of hydrogen-bond donors (Lipinski definition) is 1. The topological polar surface area (TPSA) is 74.5 Å². The molecule has 1 N–H and O–H groups in total. The normalized spacial score (nSPS) is 30.4. The third-order valence-corrected chi connectivity index (χ3v) is 7.43. The molecule has 1 saturated carbocycles. The number of rotatable bonds is 1. The van der Waals surface area contributed by atoms with E-state index in [9.17, 15) is 9.90 Å². The molecule has 1 amide bonds. The molecule has 1 heterocycles. The van der Waals surface area contributed by atoms with Crippen LogP contribution in [-0.2, 0) is 16.8 Å². The van der Waals surface area contributed by atoms with Crippen LogP contribution in [0.1, 0.15) is 64.5 Å². The number of hydrogen-bond acceptors (Lipinski definition) is 4. The number of halogens is 1. The highest BCUT2D eigenvalue weighted by molar-refractivity contribution is 9.10. The molecule has 30 heavy (non-hydrogen) atoms. The molecule has 0 bridgehead atoms. The summed E-state index contributed by atoms with van der Waals surface area (Å²) in [5.74, 6) is 0.469. The van der Waals surface area contributed by atoms with Crippen molar-refractivity contribution >= 4 is 33.6 Å². The SMILES string of the molecule is COC1CCC2(CC1)Cc1ccc(Br)cc1C21N=C(C)C(N(C(=O)O)C(C)(C)C)=N1. The molecule has 1 fully saturated rings.